The highest BCUT2D eigenvalue weighted by Gasteiger charge is 2.46. The molecule has 1 fully saturated rings. The van der Waals surface area contributed by atoms with Gasteiger partial charge in [-0.05, 0) is 37.8 Å². The molecule has 0 heterocycles. The second kappa shape index (κ2) is 3.07. The molecule has 2 rings (SSSR count). The predicted octanol–water partition coefficient (Wildman–Crippen LogP) is 1.83. The van der Waals surface area contributed by atoms with Crippen LogP contribution in [0.3, 0.4) is 0 Å². The first-order valence-corrected chi connectivity index (χ1v) is 5.07. The van der Waals surface area contributed by atoms with E-state index in [9.17, 15) is 5.11 Å². The van der Waals surface area contributed by atoms with E-state index in [1.807, 2.05) is 19.1 Å². The van der Waals surface area contributed by atoms with Gasteiger partial charge in [0.05, 0.1) is 6.10 Å². The normalized spacial score (nSPS) is 20.6. The van der Waals surface area contributed by atoms with Crippen LogP contribution in [0.5, 0.6) is 0 Å². The van der Waals surface area contributed by atoms with E-state index in [-0.39, 0.29) is 5.54 Å². The number of hydrogen-bond donors (Lipinski definition) is 2. The molecule has 1 aromatic rings. The summed E-state index contributed by atoms with van der Waals surface area (Å²) in [4.78, 5) is 0. The molecule has 1 saturated carbocycles. The van der Waals surface area contributed by atoms with Gasteiger partial charge in [0.1, 0.15) is 0 Å². The van der Waals surface area contributed by atoms with Gasteiger partial charge in [0.25, 0.3) is 0 Å². The second-order valence-electron chi connectivity index (χ2n) is 4.50. The van der Waals surface area contributed by atoms with E-state index in [1.165, 1.54) is 5.56 Å². The monoisotopic (exact) mass is 191 g/mol. The summed E-state index contributed by atoms with van der Waals surface area (Å²) in [5.41, 5.74) is 8.97. The smallest absolute Gasteiger partial charge is 0.0971 e. The largest absolute Gasteiger partial charge is 0.386 e. The van der Waals surface area contributed by atoms with Gasteiger partial charge in [0.2, 0.25) is 0 Å². The number of aryl methyl sites for hydroxylation is 2. The molecule has 14 heavy (non-hydrogen) atoms. The van der Waals surface area contributed by atoms with Crippen molar-refractivity contribution in [3.63, 3.8) is 0 Å². The average molecular weight is 191 g/mol. The maximum atomic E-state index is 10.1. The maximum absolute atomic E-state index is 10.1. The molecule has 0 aromatic heterocycles. The van der Waals surface area contributed by atoms with Crippen LogP contribution in [-0.2, 0) is 0 Å². The lowest BCUT2D eigenvalue weighted by Crippen LogP contribution is -2.30. The summed E-state index contributed by atoms with van der Waals surface area (Å²) in [6.45, 7) is 4.08. The van der Waals surface area contributed by atoms with Gasteiger partial charge in [-0.3, -0.25) is 0 Å². The van der Waals surface area contributed by atoms with Crippen molar-refractivity contribution < 1.29 is 5.11 Å². The molecular formula is C12H17NO. The van der Waals surface area contributed by atoms with Crippen LogP contribution in [0, 0.1) is 13.8 Å². The first kappa shape index (κ1) is 9.69. The minimum Gasteiger partial charge on any atom is -0.386 e. The van der Waals surface area contributed by atoms with Gasteiger partial charge in [0, 0.05) is 5.54 Å². The van der Waals surface area contributed by atoms with Crippen molar-refractivity contribution in [3.8, 4) is 0 Å². The fraction of sp³-hybridized carbons (Fsp3) is 0.500. The third-order valence-electron chi connectivity index (χ3n) is 3.09. The van der Waals surface area contributed by atoms with Crippen LogP contribution in [0.25, 0.3) is 0 Å². The molecule has 1 aliphatic rings. The van der Waals surface area contributed by atoms with Gasteiger partial charge in [0.15, 0.2) is 0 Å². The number of aliphatic hydroxyl groups excluding tert-OH is 1. The van der Waals surface area contributed by atoms with Gasteiger partial charge in [-0.1, -0.05) is 23.8 Å². The molecule has 0 aliphatic heterocycles. The van der Waals surface area contributed by atoms with Gasteiger partial charge < -0.3 is 10.8 Å². The van der Waals surface area contributed by atoms with E-state index in [4.69, 9.17) is 5.73 Å². The predicted molar refractivity (Wildman–Crippen MR) is 57.0 cm³/mol. The third-order valence-corrected chi connectivity index (χ3v) is 3.09. The van der Waals surface area contributed by atoms with Crippen molar-refractivity contribution in [1.82, 2.24) is 0 Å². The number of aliphatic hydroxyl groups is 1. The van der Waals surface area contributed by atoms with Crippen molar-refractivity contribution in [2.24, 2.45) is 5.73 Å². The minimum atomic E-state index is -0.497. The Bertz CT molecular complexity index is 355. The lowest BCUT2D eigenvalue weighted by Gasteiger charge is -2.20. The highest BCUT2D eigenvalue weighted by atomic mass is 16.3. The standard InChI is InChI=1S/C12H17NO/c1-8-3-4-10(9(2)7-8)11(14)12(13)5-6-12/h3-4,7,11,14H,5-6,13H2,1-2H3. The lowest BCUT2D eigenvalue weighted by atomic mass is 9.95. The Labute approximate surface area is 84.7 Å². The van der Waals surface area contributed by atoms with Crippen molar-refractivity contribution in [1.29, 1.82) is 0 Å². The van der Waals surface area contributed by atoms with E-state index in [0.29, 0.717) is 0 Å². The van der Waals surface area contributed by atoms with Crippen LogP contribution in [0.15, 0.2) is 18.2 Å². The summed E-state index contributed by atoms with van der Waals surface area (Å²) in [6.07, 6.45) is 1.37. The summed E-state index contributed by atoms with van der Waals surface area (Å²) in [6, 6.07) is 6.10. The SMILES string of the molecule is Cc1ccc(C(O)C2(N)CC2)c(C)c1. The second-order valence-corrected chi connectivity index (χ2v) is 4.50. The highest BCUT2D eigenvalue weighted by Crippen LogP contribution is 2.44. The van der Waals surface area contributed by atoms with Crippen LogP contribution in [0.1, 0.15) is 35.6 Å². The maximum Gasteiger partial charge on any atom is 0.0971 e. The van der Waals surface area contributed by atoms with Crippen LogP contribution >= 0.6 is 0 Å². The summed E-state index contributed by atoms with van der Waals surface area (Å²) in [5.74, 6) is 0. The average Bonchev–Trinajstić information content (AvgIpc) is 2.84. The zero-order chi connectivity index (χ0) is 10.3. The van der Waals surface area contributed by atoms with Crippen LogP contribution < -0.4 is 5.73 Å². The number of rotatable bonds is 2. The Balaban J connectivity index is 2.32. The Morgan fingerprint density at radius 1 is 1.36 bits per heavy atom. The van der Waals surface area contributed by atoms with Crippen molar-refractivity contribution >= 4 is 0 Å². The molecule has 0 spiro atoms. The number of benzene rings is 1. The minimum absolute atomic E-state index is 0.347. The fourth-order valence-corrected chi connectivity index (χ4v) is 1.86. The topological polar surface area (TPSA) is 46.2 Å². The molecule has 2 heteroatoms. The number of hydrogen-bond acceptors (Lipinski definition) is 2. The third kappa shape index (κ3) is 1.56. The van der Waals surface area contributed by atoms with Crippen molar-refractivity contribution in [2.45, 2.75) is 38.3 Å². The first-order chi connectivity index (χ1) is 6.53. The fourth-order valence-electron chi connectivity index (χ4n) is 1.86. The van der Waals surface area contributed by atoms with Crippen LogP contribution in [0.4, 0.5) is 0 Å². The Morgan fingerprint density at radius 3 is 2.50 bits per heavy atom. The van der Waals surface area contributed by atoms with E-state index in [0.717, 1.165) is 24.0 Å². The van der Waals surface area contributed by atoms with Gasteiger partial charge in [-0.25, -0.2) is 0 Å². The van der Waals surface area contributed by atoms with Crippen LogP contribution in [-0.4, -0.2) is 10.6 Å². The van der Waals surface area contributed by atoms with Gasteiger partial charge in [-0.15, -0.1) is 0 Å². The summed E-state index contributed by atoms with van der Waals surface area (Å²) >= 11 is 0. The molecule has 76 valence electrons. The quantitative estimate of drug-likeness (QED) is 0.749. The van der Waals surface area contributed by atoms with Gasteiger partial charge >= 0.3 is 0 Å². The molecule has 1 aliphatic carbocycles. The summed E-state index contributed by atoms with van der Waals surface area (Å²) < 4.78 is 0. The molecule has 0 radical (unpaired) electrons. The van der Waals surface area contributed by atoms with E-state index >= 15 is 0 Å². The molecule has 0 saturated heterocycles. The Hall–Kier alpha value is -0.860. The molecule has 2 nitrogen and oxygen atoms in total. The molecule has 3 N–H and O–H groups in total. The van der Waals surface area contributed by atoms with Crippen LogP contribution in [0.2, 0.25) is 0 Å². The molecule has 1 atom stereocenters. The molecule has 1 unspecified atom stereocenters. The highest BCUT2D eigenvalue weighted by molar-refractivity contribution is 5.35. The Kier molecular flexibility index (Phi) is 2.13. The van der Waals surface area contributed by atoms with Crippen molar-refractivity contribution in [3.05, 3.63) is 34.9 Å². The van der Waals surface area contributed by atoms with E-state index in [1.54, 1.807) is 0 Å². The summed E-state index contributed by atoms with van der Waals surface area (Å²) in [7, 11) is 0. The molecular weight excluding hydrogens is 174 g/mol. The number of nitrogens with two attached hydrogens (primary N) is 1. The van der Waals surface area contributed by atoms with E-state index < -0.39 is 6.10 Å². The molecule has 0 bridgehead atoms. The zero-order valence-corrected chi connectivity index (χ0v) is 8.75. The zero-order valence-electron chi connectivity index (χ0n) is 8.75. The Morgan fingerprint density at radius 2 is 2.00 bits per heavy atom. The van der Waals surface area contributed by atoms with Crippen molar-refractivity contribution in [2.75, 3.05) is 0 Å². The molecule has 0 amide bonds. The van der Waals surface area contributed by atoms with Gasteiger partial charge in [-0.2, -0.15) is 0 Å². The first-order valence-electron chi connectivity index (χ1n) is 5.07. The van der Waals surface area contributed by atoms with E-state index in [2.05, 4.69) is 13.0 Å². The molecule has 1 aromatic carbocycles. The lowest BCUT2D eigenvalue weighted by molar-refractivity contribution is 0.135. The summed E-state index contributed by atoms with van der Waals surface area (Å²) in [5, 5.41) is 10.1.